The van der Waals surface area contributed by atoms with Crippen molar-refractivity contribution in [3.05, 3.63) is 22.4 Å². The highest BCUT2D eigenvalue weighted by Crippen LogP contribution is 2.20. The maximum atomic E-state index is 5.95. The van der Waals surface area contributed by atoms with Gasteiger partial charge in [0.25, 0.3) is 0 Å². The Bertz CT molecular complexity index is 422. The lowest BCUT2D eigenvalue weighted by Gasteiger charge is -2.27. The van der Waals surface area contributed by atoms with Crippen molar-refractivity contribution in [3.8, 4) is 5.75 Å². The van der Waals surface area contributed by atoms with Crippen LogP contribution in [-0.4, -0.2) is 30.6 Å². The molecule has 4 nitrogen and oxygen atoms in total. The van der Waals surface area contributed by atoms with Crippen molar-refractivity contribution in [1.82, 2.24) is 4.98 Å². The van der Waals surface area contributed by atoms with Crippen LogP contribution in [0, 0.1) is 6.92 Å². The SMILES string of the molecule is CCC(COc1ccc(Br)nc1C)OC1CCCCO1. The zero-order valence-corrected chi connectivity index (χ0v) is 13.7. The van der Waals surface area contributed by atoms with Gasteiger partial charge < -0.3 is 14.2 Å². The van der Waals surface area contributed by atoms with Crippen molar-refractivity contribution in [2.75, 3.05) is 13.2 Å². The molecule has 0 amide bonds. The van der Waals surface area contributed by atoms with E-state index >= 15 is 0 Å². The molecule has 1 aliphatic rings. The highest BCUT2D eigenvalue weighted by Gasteiger charge is 2.19. The Kier molecular flexibility index (Phi) is 6.26. The summed E-state index contributed by atoms with van der Waals surface area (Å²) in [5, 5.41) is 0. The Morgan fingerprint density at radius 2 is 2.30 bits per heavy atom. The summed E-state index contributed by atoms with van der Waals surface area (Å²) in [6.45, 7) is 5.37. The van der Waals surface area contributed by atoms with Crippen LogP contribution < -0.4 is 4.74 Å². The van der Waals surface area contributed by atoms with Crippen LogP contribution in [0.15, 0.2) is 16.7 Å². The average Bonchev–Trinajstić information content (AvgIpc) is 2.46. The molecule has 2 heterocycles. The van der Waals surface area contributed by atoms with Gasteiger partial charge in [-0.2, -0.15) is 0 Å². The molecular weight excluding hydrogens is 322 g/mol. The van der Waals surface area contributed by atoms with Crippen molar-refractivity contribution in [3.63, 3.8) is 0 Å². The van der Waals surface area contributed by atoms with Crippen molar-refractivity contribution < 1.29 is 14.2 Å². The molecule has 1 saturated heterocycles. The van der Waals surface area contributed by atoms with E-state index in [1.807, 2.05) is 19.1 Å². The second-order valence-electron chi connectivity index (χ2n) is 4.99. The molecule has 112 valence electrons. The second-order valence-corrected chi connectivity index (χ2v) is 5.80. The summed E-state index contributed by atoms with van der Waals surface area (Å²) >= 11 is 3.35. The molecule has 0 bridgehead atoms. The van der Waals surface area contributed by atoms with Crippen LogP contribution in [0.1, 0.15) is 38.3 Å². The van der Waals surface area contributed by atoms with Gasteiger partial charge >= 0.3 is 0 Å². The molecule has 0 saturated carbocycles. The van der Waals surface area contributed by atoms with Crippen molar-refractivity contribution >= 4 is 15.9 Å². The van der Waals surface area contributed by atoms with Crippen molar-refractivity contribution in [2.45, 2.75) is 51.9 Å². The number of pyridine rings is 1. The van der Waals surface area contributed by atoms with E-state index in [2.05, 4.69) is 27.8 Å². The Balaban J connectivity index is 1.83. The topological polar surface area (TPSA) is 40.6 Å². The molecule has 0 N–H and O–H groups in total. The van der Waals surface area contributed by atoms with Gasteiger partial charge in [0.05, 0.1) is 11.8 Å². The fourth-order valence-corrected chi connectivity index (χ4v) is 2.54. The fourth-order valence-electron chi connectivity index (χ4n) is 2.14. The third kappa shape index (κ3) is 4.72. The largest absolute Gasteiger partial charge is 0.489 e. The summed E-state index contributed by atoms with van der Waals surface area (Å²) in [5.74, 6) is 0.805. The van der Waals surface area contributed by atoms with Crippen LogP contribution in [0.25, 0.3) is 0 Å². The number of ether oxygens (including phenoxy) is 3. The molecule has 0 aromatic carbocycles. The monoisotopic (exact) mass is 343 g/mol. The van der Waals surface area contributed by atoms with Crippen molar-refractivity contribution in [2.24, 2.45) is 0 Å². The highest BCUT2D eigenvalue weighted by atomic mass is 79.9. The number of halogens is 1. The van der Waals surface area contributed by atoms with Crippen LogP contribution in [-0.2, 0) is 9.47 Å². The first kappa shape index (κ1) is 15.7. The summed E-state index contributed by atoms with van der Waals surface area (Å²) < 4.78 is 18.2. The summed E-state index contributed by atoms with van der Waals surface area (Å²) in [6, 6.07) is 3.81. The lowest BCUT2D eigenvalue weighted by molar-refractivity contribution is -0.193. The molecule has 2 atom stereocenters. The Labute approximate surface area is 129 Å². The van der Waals surface area contributed by atoms with Gasteiger partial charge in [-0.05, 0) is 60.7 Å². The van der Waals surface area contributed by atoms with E-state index in [9.17, 15) is 0 Å². The molecule has 0 spiro atoms. The van der Waals surface area contributed by atoms with E-state index in [4.69, 9.17) is 14.2 Å². The fraction of sp³-hybridized carbons (Fsp3) is 0.667. The van der Waals surface area contributed by atoms with Crippen LogP contribution in [0.3, 0.4) is 0 Å². The van der Waals surface area contributed by atoms with Crippen LogP contribution in [0.2, 0.25) is 0 Å². The minimum atomic E-state index is -0.0681. The maximum absolute atomic E-state index is 5.95. The first-order valence-electron chi connectivity index (χ1n) is 7.22. The molecule has 0 radical (unpaired) electrons. The molecular formula is C15H22BrNO3. The maximum Gasteiger partial charge on any atom is 0.158 e. The molecule has 2 rings (SSSR count). The lowest BCUT2D eigenvalue weighted by Crippen LogP contribution is -2.31. The molecule has 5 heteroatoms. The summed E-state index contributed by atoms with van der Waals surface area (Å²) in [6.07, 6.45) is 4.19. The average molecular weight is 344 g/mol. The number of nitrogens with zero attached hydrogens (tertiary/aromatic N) is 1. The van der Waals surface area contributed by atoms with E-state index in [1.165, 1.54) is 6.42 Å². The van der Waals surface area contributed by atoms with E-state index in [0.717, 1.165) is 41.9 Å². The number of aromatic nitrogens is 1. The third-order valence-corrected chi connectivity index (χ3v) is 3.81. The Morgan fingerprint density at radius 3 is 2.95 bits per heavy atom. The van der Waals surface area contributed by atoms with Gasteiger partial charge in [-0.25, -0.2) is 4.98 Å². The van der Waals surface area contributed by atoms with E-state index < -0.39 is 0 Å². The first-order valence-corrected chi connectivity index (χ1v) is 8.01. The Hall–Kier alpha value is -0.650. The molecule has 2 unspecified atom stereocenters. The Morgan fingerprint density at radius 1 is 1.45 bits per heavy atom. The van der Waals surface area contributed by atoms with Crippen LogP contribution in [0.4, 0.5) is 0 Å². The zero-order valence-electron chi connectivity index (χ0n) is 12.1. The van der Waals surface area contributed by atoms with Gasteiger partial charge in [-0.15, -0.1) is 0 Å². The van der Waals surface area contributed by atoms with Gasteiger partial charge in [-0.1, -0.05) is 6.92 Å². The predicted molar refractivity (Wildman–Crippen MR) is 80.9 cm³/mol. The number of rotatable bonds is 6. The smallest absolute Gasteiger partial charge is 0.158 e. The molecule has 0 aliphatic carbocycles. The predicted octanol–water partition coefficient (Wildman–Crippen LogP) is 3.85. The minimum absolute atomic E-state index is 0.0566. The molecule has 1 aromatic rings. The minimum Gasteiger partial charge on any atom is -0.489 e. The van der Waals surface area contributed by atoms with E-state index in [-0.39, 0.29) is 12.4 Å². The van der Waals surface area contributed by atoms with Gasteiger partial charge in [-0.3, -0.25) is 0 Å². The summed E-state index contributed by atoms with van der Waals surface area (Å²) in [5.41, 5.74) is 0.878. The zero-order chi connectivity index (χ0) is 14.4. The van der Waals surface area contributed by atoms with Crippen molar-refractivity contribution in [1.29, 1.82) is 0 Å². The summed E-state index contributed by atoms with van der Waals surface area (Å²) in [7, 11) is 0. The first-order chi connectivity index (χ1) is 9.69. The number of hydrogen-bond acceptors (Lipinski definition) is 4. The molecule has 1 aromatic heterocycles. The normalized spacial score (nSPS) is 20.6. The van der Waals surface area contributed by atoms with Gasteiger partial charge in [0.15, 0.2) is 6.29 Å². The molecule has 1 fully saturated rings. The molecule has 1 aliphatic heterocycles. The number of aryl methyl sites for hydroxylation is 1. The van der Waals surface area contributed by atoms with E-state index in [1.54, 1.807) is 0 Å². The van der Waals surface area contributed by atoms with Crippen LogP contribution in [0.5, 0.6) is 5.75 Å². The molecule has 20 heavy (non-hydrogen) atoms. The quantitative estimate of drug-likeness (QED) is 0.735. The summed E-state index contributed by atoms with van der Waals surface area (Å²) in [4.78, 5) is 4.32. The van der Waals surface area contributed by atoms with Gasteiger partial charge in [0.1, 0.15) is 17.0 Å². The highest BCUT2D eigenvalue weighted by molar-refractivity contribution is 9.10. The standard InChI is InChI=1S/C15H22BrNO3/c1-3-12(20-15-6-4-5-9-18-15)10-19-13-7-8-14(16)17-11(13)2/h7-8,12,15H,3-6,9-10H2,1-2H3. The third-order valence-electron chi connectivity index (χ3n) is 3.37. The van der Waals surface area contributed by atoms with Crippen LogP contribution >= 0.6 is 15.9 Å². The van der Waals surface area contributed by atoms with Gasteiger partial charge in [0.2, 0.25) is 0 Å². The second kappa shape index (κ2) is 7.96. The van der Waals surface area contributed by atoms with Gasteiger partial charge in [0, 0.05) is 6.61 Å². The van der Waals surface area contributed by atoms with E-state index in [0.29, 0.717) is 6.61 Å². The lowest BCUT2D eigenvalue weighted by atomic mass is 10.2. The number of hydrogen-bond donors (Lipinski definition) is 0.